The number of carbonyl (C=O) groups is 1. The van der Waals surface area contributed by atoms with Crippen LogP contribution in [0.3, 0.4) is 0 Å². The topological polar surface area (TPSA) is 60.5 Å². The summed E-state index contributed by atoms with van der Waals surface area (Å²) < 4.78 is 11.0. The summed E-state index contributed by atoms with van der Waals surface area (Å²) >= 11 is 1.39. The third kappa shape index (κ3) is 2.89. The van der Waals surface area contributed by atoms with Crippen LogP contribution in [0.25, 0.3) is 10.2 Å². The fourth-order valence-electron chi connectivity index (χ4n) is 1.40. The smallest absolute Gasteiger partial charge is 0.413 e. The lowest BCUT2D eigenvalue weighted by atomic mass is 10.3. The molecule has 1 aromatic heterocycles. The molecule has 0 aliphatic heterocycles. The van der Waals surface area contributed by atoms with Crippen molar-refractivity contribution in [2.24, 2.45) is 0 Å². The quantitative estimate of drug-likeness (QED) is 0.922. The molecule has 18 heavy (non-hydrogen) atoms. The van der Waals surface area contributed by atoms with E-state index >= 15 is 0 Å². The lowest BCUT2D eigenvalue weighted by molar-refractivity contribution is 0.161. The van der Waals surface area contributed by atoms with E-state index in [4.69, 9.17) is 9.47 Å². The number of carbonyl (C=O) groups excluding carboxylic acids is 1. The number of fused-ring (bicyclic) bond motifs is 1. The van der Waals surface area contributed by atoms with Gasteiger partial charge in [0, 0.05) is 0 Å². The Balaban J connectivity index is 2.12. The molecule has 0 saturated carbocycles. The van der Waals surface area contributed by atoms with Gasteiger partial charge in [0.25, 0.3) is 0 Å². The Morgan fingerprint density at radius 2 is 2.33 bits per heavy atom. The number of nitrogens with one attached hydrogen (secondary N) is 1. The maximum absolute atomic E-state index is 11.4. The van der Waals surface area contributed by atoms with Gasteiger partial charge in [-0.2, -0.15) is 0 Å². The van der Waals surface area contributed by atoms with Crippen molar-refractivity contribution in [3.63, 3.8) is 0 Å². The summed E-state index contributed by atoms with van der Waals surface area (Å²) in [6.45, 7) is 2.35. The van der Waals surface area contributed by atoms with Crippen LogP contribution >= 0.6 is 11.3 Å². The van der Waals surface area contributed by atoms with Gasteiger partial charge >= 0.3 is 6.09 Å². The Morgan fingerprint density at radius 1 is 1.50 bits per heavy atom. The molecular weight excluding hydrogens is 252 g/mol. The maximum Gasteiger partial charge on any atom is 0.413 e. The monoisotopic (exact) mass is 266 g/mol. The Kier molecular flexibility index (Phi) is 3.99. The highest BCUT2D eigenvalue weighted by molar-refractivity contribution is 7.22. The van der Waals surface area contributed by atoms with Crippen molar-refractivity contribution in [3.8, 4) is 5.75 Å². The number of thiazole rings is 1. The van der Waals surface area contributed by atoms with Crippen molar-refractivity contribution >= 4 is 32.8 Å². The second-order valence-corrected chi connectivity index (χ2v) is 4.64. The number of nitrogens with zero attached hydrogens (tertiary/aromatic N) is 1. The summed E-state index contributed by atoms with van der Waals surface area (Å²) in [6.07, 6.45) is 0.327. The highest BCUT2D eigenvalue weighted by Gasteiger charge is 2.08. The van der Waals surface area contributed by atoms with Gasteiger partial charge in [0.1, 0.15) is 5.75 Å². The van der Waals surface area contributed by atoms with Crippen LogP contribution in [0.2, 0.25) is 0 Å². The molecule has 0 unspecified atom stereocenters. The Labute approximate surface area is 109 Å². The summed E-state index contributed by atoms with van der Waals surface area (Å²) in [5.74, 6) is 0.770. The highest BCUT2D eigenvalue weighted by atomic mass is 32.1. The maximum atomic E-state index is 11.4. The van der Waals surface area contributed by atoms with Crippen molar-refractivity contribution in [2.75, 3.05) is 19.0 Å². The minimum absolute atomic E-state index is 0.407. The number of hydrogen-bond acceptors (Lipinski definition) is 5. The summed E-state index contributed by atoms with van der Waals surface area (Å²) in [4.78, 5) is 15.7. The molecule has 2 rings (SSSR count). The van der Waals surface area contributed by atoms with E-state index in [2.05, 4.69) is 10.3 Å². The highest BCUT2D eigenvalue weighted by Crippen LogP contribution is 2.29. The molecule has 1 N–H and O–H groups in total. The Hall–Kier alpha value is -1.82. The lowest BCUT2D eigenvalue weighted by Gasteiger charge is -2.01. The first-order chi connectivity index (χ1) is 8.72. The van der Waals surface area contributed by atoms with Crippen LogP contribution in [-0.4, -0.2) is 24.8 Å². The normalized spacial score (nSPS) is 10.3. The molecule has 0 bridgehead atoms. The van der Waals surface area contributed by atoms with Gasteiger partial charge in [-0.15, -0.1) is 0 Å². The standard InChI is InChI=1S/C12H14N2O3S/c1-3-6-17-12(15)14-11-13-9-5-4-8(16-2)7-10(9)18-11/h4-5,7H,3,6H2,1-2H3,(H,13,14,15). The molecule has 0 saturated heterocycles. The van der Waals surface area contributed by atoms with Crippen molar-refractivity contribution in [3.05, 3.63) is 18.2 Å². The van der Waals surface area contributed by atoms with Gasteiger partial charge < -0.3 is 9.47 Å². The summed E-state index contributed by atoms with van der Waals surface area (Å²) in [5.41, 5.74) is 0.826. The van der Waals surface area contributed by atoms with Crippen molar-refractivity contribution in [1.29, 1.82) is 0 Å². The van der Waals surface area contributed by atoms with E-state index in [-0.39, 0.29) is 0 Å². The molecule has 0 aliphatic rings. The number of aromatic nitrogens is 1. The predicted octanol–water partition coefficient (Wildman–Crippen LogP) is 3.26. The van der Waals surface area contributed by atoms with E-state index < -0.39 is 6.09 Å². The lowest BCUT2D eigenvalue weighted by Crippen LogP contribution is -2.13. The van der Waals surface area contributed by atoms with Crippen LogP contribution in [0.5, 0.6) is 5.75 Å². The number of anilines is 1. The molecule has 0 fully saturated rings. The van der Waals surface area contributed by atoms with Gasteiger partial charge in [-0.3, -0.25) is 5.32 Å². The summed E-state index contributed by atoms with van der Waals surface area (Å²) in [5, 5.41) is 3.14. The number of amides is 1. The van der Waals surface area contributed by atoms with E-state index in [1.165, 1.54) is 11.3 Å². The minimum Gasteiger partial charge on any atom is -0.497 e. The van der Waals surface area contributed by atoms with Crippen LogP contribution in [0.4, 0.5) is 9.93 Å². The average molecular weight is 266 g/mol. The fourth-order valence-corrected chi connectivity index (χ4v) is 2.28. The first-order valence-corrected chi connectivity index (χ1v) is 6.43. The molecule has 1 amide bonds. The zero-order valence-electron chi connectivity index (χ0n) is 10.2. The molecule has 96 valence electrons. The second-order valence-electron chi connectivity index (χ2n) is 3.61. The molecule has 0 aliphatic carbocycles. The van der Waals surface area contributed by atoms with Gasteiger partial charge in [0.05, 0.1) is 23.9 Å². The van der Waals surface area contributed by atoms with E-state index in [1.54, 1.807) is 7.11 Å². The molecule has 5 nitrogen and oxygen atoms in total. The number of benzene rings is 1. The van der Waals surface area contributed by atoms with Gasteiger partial charge in [0.15, 0.2) is 5.13 Å². The zero-order valence-corrected chi connectivity index (χ0v) is 11.0. The molecule has 0 atom stereocenters. The summed E-state index contributed by atoms with van der Waals surface area (Å²) in [7, 11) is 1.61. The van der Waals surface area contributed by atoms with Gasteiger partial charge in [-0.05, 0) is 24.6 Å². The van der Waals surface area contributed by atoms with E-state index in [0.717, 1.165) is 22.4 Å². The first kappa shape index (κ1) is 12.6. The van der Waals surface area contributed by atoms with Crippen molar-refractivity contribution < 1.29 is 14.3 Å². The number of hydrogen-bond donors (Lipinski definition) is 1. The van der Waals surface area contributed by atoms with E-state index in [0.29, 0.717) is 11.7 Å². The third-order valence-corrected chi connectivity index (χ3v) is 3.18. The molecular formula is C12H14N2O3S. The van der Waals surface area contributed by atoms with Gasteiger partial charge in [0.2, 0.25) is 0 Å². The number of ether oxygens (including phenoxy) is 2. The molecule has 0 radical (unpaired) electrons. The van der Waals surface area contributed by atoms with Crippen LogP contribution in [0.15, 0.2) is 18.2 Å². The Bertz CT molecular complexity index is 553. The predicted molar refractivity (Wildman–Crippen MR) is 71.4 cm³/mol. The average Bonchev–Trinajstić information content (AvgIpc) is 2.77. The third-order valence-electron chi connectivity index (χ3n) is 2.24. The number of rotatable bonds is 4. The van der Waals surface area contributed by atoms with Gasteiger partial charge in [-0.25, -0.2) is 9.78 Å². The molecule has 1 heterocycles. The van der Waals surface area contributed by atoms with Crippen molar-refractivity contribution in [2.45, 2.75) is 13.3 Å². The SMILES string of the molecule is CCCOC(=O)Nc1nc2ccc(OC)cc2s1. The minimum atomic E-state index is -0.470. The van der Waals surface area contributed by atoms with Gasteiger partial charge in [-0.1, -0.05) is 18.3 Å². The van der Waals surface area contributed by atoms with E-state index in [1.807, 2.05) is 25.1 Å². The zero-order chi connectivity index (χ0) is 13.0. The summed E-state index contributed by atoms with van der Waals surface area (Å²) in [6, 6.07) is 5.57. The molecule has 0 spiro atoms. The van der Waals surface area contributed by atoms with Crippen LogP contribution in [0, 0.1) is 0 Å². The fraction of sp³-hybridized carbons (Fsp3) is 0.333. The molecule has 6 heteroatoms. The van der Waals surface area contributed by atoms with Crippen LogP contribution in [-0.2, 0) is 4.74 Å². The largest absolute Gasteiger partial charge is 0.497 e. The number of methoxy groups -OCH3 is 1. The van der Waals surface area contributed by atoms with E-state index in [9.17, 15) is 4.79 Å². The second kappa shape index (κ2) is 5.68. The van der Waals surface area contributed by atoms with Crippen LogP contribution in [0.1, 0.15) is 13.3 Å². The van der Waals surface area contributed by atoms with Crippen LogP contribution < -0.4 is 10.1 Å². The Morgan fingerprint density at radius 3 is 3.06 bits per heavy atom. The molecule has 2 aromatic rings. The molecule has 1 aromatic carbocycles. The first-order valence-electron chi connectivity index (χ1n) is 5.61. The van der Waals surface area contributed by atoms with Crippen molar-refractivity contribution in [1.82, 2.24) is 4.98 Å².